The van der Waals surface area contributed by atoms with E-state index in [9.17, 15) is 19.2 Å². The van der Waals surface area contributed by atoms with Gasteiger partial charge in [0.25, 0.3) is 0 Å². The summed E-state index contributed by atoms with van der Waals surface area (Å²) in [7, 11) is 2.60. The molecule has 2 aromatic carbocycles. The number of carbonyl (C=O) groups excluding carboxylic acids is 4. The molecule has 3 aromatic heterocycles. The first-order valence-electron chi connectivity index (χ1n) is 22.6. The van der Waals surface area contributed by atoms with Gasteiger partial charge in [0, 0.05) is 40.9 Å². The minimum Gasteiger partial charge on any atom is -0.453 e. The van der Waals surface area contributed by atoms with Crippen molar-refractivity contribution in [2.24, 2.45) is 17.8 Å². The lowest BCUT2D eigenvalue weighted by molar-refractivity contribution is -0.136. The molecule has 15 heteroatoms. The van der Waals surface area contributed by atoms with Crippen molar-refractivity contribution in [3.8, 4) is 33.6 Å². The van der Waals surface area contributed by atoms with Crippen molar-refractivity contribution in [3.05, 3.63) is 76.8 Å². The number of aryl methyl sites for hydroxylation is 1. The number of ether oxygens (including phenoxy) is 2. The lowest BCUT2D eigenvalue weighted by atomic mass is 9.79. The predicted molar refractivity (Wildman–Crippen MR) is 246 cm³/mol. The molecular weight excluding hydrogens is 811 g/mol. The van der Waals surface area contributed by atoms with Crippen LogP contribution in [0.25, 0.3) is 50.6 Å². The maximum Gasteiger partial charge on any atom is 0.407 e. The molecule has 5 unspecified atom stereocenters. The molecule has 15 nitrogen and oxygen atoms in total. The van der Waals surface area contributed by atoms with E-state index >= 15 is 0 Å². The number of likely N-dealkylation sites (tertiary alicyclic amines) is 2. The summed E-state index contributed by atoms with van der Waals surface area (Å²) in [6.45, 7) is 15.4. The Morgan fingerprint density at radius 2 is 1.22 bits per heavy atom. The van der Waals surface area contributed by atoms with Crippen LogP contribution in [0.3, 0.4) is 0 Å². The van der Waals surface area contributed by atoms with E-state index in [-0.39, 0.29) is 35.7 Å². The number of nitrogens with one attached hydrogen (secondary N) is 5. The van der Waals surface area contributed by atoms with Crippen molar-refractivity contribution >= 4 is 41.0 Å². The van der Waals surface area contributed by atoms with Crippen molar-refractivity contribution < 1.29 is 28.7 Å². The van der Waals surface area contributed by atoms with Crippen LogP contribution in [-0.2, 0) is 25.5 Å². The smallest absolute Gasteiger partial charge is 0.407 e. The monoisotopic (exact) mass is 871 g/mol. The molecule has 4 amide bonds. The zero-order chi connectivity index (χ0) is 45.6. The molecule has 5 aromatic rings. The number of hydrogen-bond donors (Lipinski definition) is 5. The van der Waals surface area contributed by atoms with Gasteiger partial charge in [0.05, 0.1) is 55.6 Å². The minimum absolute atomic E-state index is 0.122. The molecule has 2 aliphatic heterocycles. The second-order valence-corrected chi connectivity index (χ2v) is 18.4. The topological polar surface area (TPSA) is 190 Å². The van der Waals surface area contributed by atoms with E-state index in [1.54, 1.807) is 0 Å². The molecule has 1 aliphatic carbocycles. The van der Waals surface area contributed by atoms with E-state index in [1.165, 1.54) is 30.9 Å². The first kappa shape index (κ1) is 44.2. The standard InChI is InChI=1S/C49H61N9O6/c1-25(2)41(55-48(61)63-8)46(59)57-18-10-12-39(57)44-50-23-37(53-44)31-15-14-30(34-20-27(5)28(6)21-35(31)34)33-17-16-32(36-22-29(7)52-43(33)36)38-24-51-45(54-38)40-13-11-19-58(40)47(60)42(26(3)4)56-49(62)64-9/h14-17,20,22-26,28,39-42,52H,10-13,18-19,21H2,1-9H3,(H,50,53)(H,51,54)(H,55,61)(H,56,62). The van der Waals surface area contributed by atoms with Crippen molar-refractivity contribution in [2.45, 2.75) is 105 Å². The number of H-pyrrole nitrogens is 3. The predicted octanol–water partition coefficient (Wildman–Crippen LogP) is 8.61. The number of carbonyl (C=O) groups is 4. The third-order valence-electron chi connectivity index (χ3n) is 13.5. The lowest BCUT2D eigenvalue weighted by Crippen LogP contribution is -2.51. The second-order valence-electron chi connectivity index (χ2n) is 18.4. The summed E-state index contributed by atoms with van der Waals surface area (Å²) < 4.78 is 9.64. The number of rotatable bonds is 11. The van der Waals surface area contributed by atoms with Crippen LogP contribution in [-0.4, -0.2) is 98.1 Å². The molecule has 338 valence electrons. The highest BCUT2D eigenvalue weighted by Crippen LogP contribution is 2.44. The van der Waals surface area contributed by atoms with Crippen LogP contribution in [0.1, 0.15) is 108 Å². The number of nitrogens with zero attached hydrogens (tertiary/aromatic N) is 4. The second kappa shape index (κ2) is 18.0. The number of benzene rings is 2. The zero-order valence-corrected chi connectivity index (χ0v) is 38.3. The molecule has 0 spiro atoms. The van der Waals surface area contributed by atoms with Gasteiger partial charge in [0.1, 0.15) is 23.7 Å². The van der Waals surface area contributed by atoms with Crippen LogP contribution in [0.2, 0.25) is 0 Å². The summed E-state index contributed by atoms with van der Waals surface area (Å²) in [6.07, 6.45) is 8.88. The normalized spacial score (nSPS) is 19.5. The molecule has 64 heavy (non-hydrogen) atoms. The van der Waals surface area contributed by atoms with Gasteiger partial charge in [0.15, 0.2) is 0 Å². The number of hydrogen-bond acceptors (Lipinski definition) is 8. The van der Waals surface area contributed by atoms with Crippen LogP contribution >= 0.6 is 0 Å². The number of allylic oxidation sites excluding steroid dienone is 1. The number of amides is 4. The van der Waals surface area contributed by atoms with Crippen LogP contribution in [0.5, 0.6) is 0 Å². The van der Waals surface area contributed by atoms with Gasteiger partial charge in [0.2, 0.25) is 11.8 Å². The zero-order valence-electron chi connectivity index (χ0n) is 38.3. The molecule has 0 bridgehead atoms. The van der Waals surface area contributed by atoms with Crippen LogP contribution < -0.4 is 10.6 Å². The summed E-state index contributed by atoms with van der Waals surface area (Å²) >= 11 is 0. The van der Waals surface area contributed by atoms with E-state index in [2.05, 4.69) is 82.8 Å². The number of alkyl carbamates (subject to hydrolysis) is 2. The average molecular weight is 872 g/mol. The highest BCUT2D eigenvalue weighted by atomic mass is 16.5. The largest absolute Gasteiger partial charge is 0.453 e. The molecular formula is C49H61N9O6. The van der Waals surface area contributed by atoms with Gasteiger partial charge in [-0.05, 0) is 86.5 Å². The third kappa shape index (κ3) is 8.27. The summed E-state index contributed by atoms with van der Waals surface area (Å²) in [4.78, 5) is 76.2. The molecule has 3 aliphatic rings. The first-order chi connectivity index (χ1) is 30.7. The summed E-state index contributed by atoms with van der Waals surface area (Å²) in [5.41, 5.74) is 11.8. The van der Waals surface area contributed by atoms with Gasteiger partial charge < -0.3 is 44.9 Å². The Bertz CT molecular complexity index is 2620. The van der Waals surface area contributed by atoms with Gasteiger partial charge >= 0.3 is 12.2 Å². The fraction of sp³-hybridized carbons (Fsp3) is 0.469. The Kier molecular flexibility index (Phi) is 12.4. The van der Waals surface area contributed by atoms with Gasteiger partial charge in [-0.3, -0.25) is 9.59 Å². The van der Waals surface area contributed by atoms with Crippen molar-refractivity contribution in [1.82, 2.24) is 45.4 Å². The third-order valence-corrected chi connectivity index (χ3v) is 13.5. The maximum atomic E-state index is 13.9. The Morgan fingerprint density at radius 3 is 1.75 bits per heavy atom. The fourth-order valence-electron chi connectivity index (χ4n) is 9.86. The quantitative estimate of drug-likeness (QED) is 0.0872. The van der Waals surface area contributed by atoms with E-state index in [4.69, 9.17) is 19.4 Å². The van der Waals surface area contributed by atoms with Crippen LogP contribution in [0.4, 0.5) is 9.59 Å². The van der Waals surface area contributed by atoms with E-state index in [1.807, 2.05) is 49.9 Å². The molecule has 5 N–H and O–H groups in total. The highest BCUT2D eigenvalue weighted by molar-refractivity contribution is 6.05. The molecule has 5 heterocycles. The van der Waals surface area contributed by atoms with Crippen molar-refractivity contribution in [3.63, 3.8) is 0 Å². The highest BCUT2D eigenvalue weighted by Gasteiger charge is 2.39. The number of methoxy groups -OCH3 is 2. The molecule has 0 saturated carbocycles. The fourth-order valence-corrected chi connectivity index (χ4v) is 9.86. The average Bonchev–Trinajstić information content (AvgIpc) is 4.13. The SMILES string of the molecule is COC(=O)NC(C(=O)N1CCCC1c1ncc(-c2ccc(-c3ccc(-c4cnc(C5CCCN5C(=O)C(NC(=O)OC)C(C)C)[nH]4)c4cc(C)[nH]c34)c3c2CC(C)C(C)=C3)[nH]1)C(C)C. The number of imidazole rings is 2. The first-order valence-corrected chi connectivity index (χ1v) is 22.6. The molecule has 5 atom stereocenters. The van der Waals surface area contributed by atoms with Gasteiger partial charge in [-0.15, -0.1) is 0 Å². The Balaban J connectivity index is 1.11. The summed E-state index contributed by atoms with van der Waals surface area (Å²) in [5.74, 6) is 1.27. The van der Waals surface area contributed by atoms with Gasteiger partial charge in [-0.1, -0.05) is 70.5 Å². The Morgan fingerprint density at radius 1 is 0.719 bits per heavy atom. The lowest BCUT2D eigenvalue weighted by Gasteiger charge is -2.30. The van der Waals surface area contributed by atoms with Crippen molar-refractivity contribution in [1.29, 1.82) is 0 Å². The van der Waals surface area contributed by atoms with Crippen LogP contribution in [0, 0.1) is 24.7 Å². The summed E-state index contributed by atoms with van der Waals surface area (Å²) in [6, 6.07) is 9.00. The van der Waals surface area contributed by atoms with E-state index in [0.29, 0.717) is 19.0 Å². The number of aromatic amines is 3. The van der Waals surface area contributed by atoms with Crippen LogP contribution in [0.15, 0.2) is 48.3 Å². The molecule has 8 rings (SSSR count). The summed E-state index contributed by atoms with van der Waals surface area (Å²) in [5, 5.41) is 6.53. The number of aromatic nitrogens is 5. The Labute approximate surface area is 374 Å². The molecule has 2 saturated heterocycles. The molecule has 2 fully saturated rings. The number of fused-ring (bicyclic) bond motifs is 2. The van der Waals surface area contributed by atoms with Crippen molar-refractivity contribution in [2.75, 3.05) is 27.3 Å². The van der Waals surface area contributed by atoms with E-state index in [0.717, 1.165) is 94.0 Å². The Hall–Kier alpha value is -6.38. The van der Waals surface area contributed by atoms with E-state index < -0.39 is 24.3 Å². The molecule has 0 radical (unpaired) electrons. The maximum absolute atomic E-state index is 13.9. The van der Waals surface area contributed by atoms with Gasteiger partial charge in [-0.2, -0.15) is 0 Å². The van der Waals surface area contributed by atoms with Gasteiger partial charge in [-0.25, -0.2) is 19.6 Å². The minimum atomic E-state index is -0.710.